The van der Waals surface area contributed by atoms with Crippen LogP contribution in [0.15, 0.2) is 35.2 Å². The minimum Gasteiger partial charge on any atom is -0.346 e. The fourth-order valence-corrected chi connectivity index (χ4v) is 3.95. The van der Waals surface area contributed by atoms with Gasteiger partial charge in [0.1, 0.15) is 23.3 Å². The van der Waals surface area contributed by atoms with Gasteiger partial charge in [-0.3, -0.25) is 4.79 Å². The van der Waals surface area contributed by atoms with Gasteiger partial charge >= 0.3 is 6.03 Å². The number of hydrogen-bond acceptors (Lipinski definition) is 7. The van der Waals surface area contributed by atoms with Gasteiger partial charge in [-0.15, -0.1) is 5.10 Å². The van der Waals surface area contributed by atoms with Crippen LogP contribution in [-0.4, -0.2) is 41.4 Å². The largest absolute Gasteiger partial charge is 0.346 e. The van der Waals surface area contributed by atoms with Gasteiger partial charge in [0, 0.05) is 0 Å². The van der Waals surface area contributed by atoms with Gasteiger partial charge in [-0.2, -0.15) is 10.4 Å². The summed E-state index contributed by atoms with van der Waals surface area (Å²) in [5.74, 6) is -1.58. The van der Waals surface area contributed by atoms with Crippen LogP contribution < -0.4 is 10.6 Å². The number of nitrogens with one attached hydrogen (secondary N) is 2. The van der Waals surface area contributed by atoms with E-state index in [0.29, 0.717) is 10.00 Å². The minimum absolute atomic E-state index is 0.0655. The predicted octanol–water partition coefficient (Wildman–Crippen LogP) is 0.901. The van der Waals surface area contributed by atoms with E-state index < -0.39 is 45.3 Å². The number of benzene rings is 1. The third kappa shape index (κ3) is 3.60. The number of urea groups is 1. The number of carbonyl (C=O) groups excluding carboxylic acids is 2. The van der Waals surface area contributed by atoms with Crippen LogP contribution in [0.5, 0.6) is 0 Å². The van der Waals surface area contributed by atoms with Crippen LogP contribution in [0.2, 0.25) is 0 Å². The van der Waals surface area contributed by atoms with Crippen molar-refractivity contribution in [2.24, 2.45) is 0 Å². The molecule has 0 aliphatic carbocycles. The molecule has 0 saturated heterocycles. The van der Waals surface area contributed by atoms with Crippen molar-refractivity contribution in [2.45, 2.75) is 17.9 Å². The van der Waals surface area contributed by atoms with Crippen molar-refractivity contribution in [1.82, 2.24) is 19.8 Å². The Labute approximate surface area is 159 Å². The first-order valence-corrected chi connectivity index (χ1v) is 9.32. The summed E-state index contributed by atoms with van der Waals surface area (Å²) in [4.78, 5) is 23.9. The van der Waals surface area contributed by atoms with Crippen LogP contribution in [0, 0.1) is 17.1 Å². The van der Waals surface area contributed by atoms with Gasteiger partial charge < -0.3 is 10.6 Å². The lowest BCUT2D eigenvalue weighted by Gasteiger charge is -2.28. The Kier molecular flexibility index (Phi) is 4.93. The Bertz CT molecular complexity index is 1100. The number of aromatic nitrogens is 2. The second-order valence-corrected chi connectivity index (χ2v) is 7.66. The standard InChI is InChI=1S/C16H13FN6O4S/c1-9(12-5-3-11(7-18)21-22-12)19-15(24)8-23-16(25)20-13-4-2-10(17)6-14(13)28(23,26)27/h2-6,9H,8H2,1H3,(H,19,24)(H,20,25)/t9-/m1/s1. The van der Waals surface area contributed by atoms with E-state index in [0.717, 1.165) is 18.2 Å². The van der Waals surface area contributed by atoms with Crippen LogP contribution in [0.1, 0.15) is 24.4 Å². The molecule has 12 heteroatoms. The fraction of sp³-hybridized carbons (Fsp3) is 0.188. The molecule has 0 radical (unpaired) electrons. The third-order valence-corrected chi connectivity index (χ3v) is 5.66. The average Bonchev–Trinajstić information content (AvgIpc) is 2.66. The Morgan fingerprint density at radius 3 is 2.75 bits per heavy atom. The highest BCUT2D eigenvalue weighted by Gasteiger charge is 2.38. The molecule has 0 saturated carbocycles. The van der Waals surface area contributed by atoms with Gasteiger partial charge in [0.2, 0.25) is 5.91 Å². The van der Waals surface area contributed by atoms with E-state index in [4.69, 9.17) is 5.26 Å². The molecule has 2 aromatic rings. The molecule has 10 nitrogen and oxygen atoms in total. The Morgan fingerprint density at radius 2 is 2.11 bits per heavy atom. The molecular weight excluding hydrogens is 391 g/mol. The number of nitriles is 1. The van der Waals surface area contributed by atoms with E-state index in [1.54, 1.807) is 6.92 Å². The number of hydrogen-bond donors (Lipinski definition) is 2. The monoisotopic (exact) mass is 404 g/mol. The van der Waals surface area contributed by atoms with Crippen molar-refractivity contribution < 1.29 is 22.4 Å². The van der Waals surface area contributed by atoms with Gasteiger partial charge in [0.05, 0.1) is 17.4 Å². The summed E-state index contributed by atoms with van der Waals surface area (Å²) in [6, 6.07) is 5.93. The maximum atomic E-state index is 13.4. The van der Waals surface area contributed by atoms with Gasteiger partial charge in [0.15, 0.2) is 5.69 Å². The molecule has 1 aromatic carbocycles. The maximum absolute atomic E-state index is 13.4. The van der Waals surface area contributed by atoms with Crippen LogP contribution in [0.3, 0.4) is 0 Å². The van der Waals surface area contributed by atoms with Crippen LogP contribution >= 0.6 is 0 Å². The van der Waals surface area contributed by atoms with Crippen molar-refractivity contribution in [3.8, 4) is 6.07 Å². The molecule has 0 fully saturated rings. The Balaban J connectivity index is 1.76. The first-order valence-electron chi connectivity index (χ1n) is 7.88. The molecule has 1 atom stereocenters. The molecule has 3 rings (SSSR count). The maximum Gasteiger partial charge on any atom is 0.336 e. The smallest absolute Gasteiger partial charge is 0.336 e. The number of fused-ring (bicyclic) bond motifs is 1. The zero-order valence-corrected chi connectivity index (χ0v) is 15.2. The highest BCUT2D eigenvalue weighted by molar-refractivity contribution is 7.90. The van der Waals surface area contributed by atoms with Crippen LogP contribution in [-0.2, 0) is 14.8 Å². The summed E-state index contributed by atoms with van der Waals surface area (Å²) in [7, 11) is -4.40. The van der Waals surface area contributed by atoms with Gasteiger partial charge in [-0.25, -0.2) is 21.9 Å². The van der Waals surface area contributed by atoms with Crippen molar-refractivity contribution in [1.29, 1.82) is 5.26 Å². The molecule has 1 aliphatic heterocycles. The lowest BCUT2D eigenvalue weighted by Crippen LogP contribution is -2.49. The summed E-state index contributed by atoms with van der Waals surface area (Å²) in [6.45, 7) is 0.765. The minimum atomic E-state index is -4.40. The molecule has 144 valence electrons. The molecule has 0 unspecified atom stereocenters. The zero-order valence-electron chi connectivity index (χ0n) is 14.4. The number of sulfonamides is 1. The van der Waals surface area contributed by atoms with Gasteiger partial charge in [0.25, 0.3) is 10.0 Å². The second-order valence-electron chi connectivity index (χ2n) is 5.83. The van der Waals surface area contributed by atoms with Crippen molar-refractivity contribution in [3.05, 3.63) is 47.5 Å². The number of nitrogens with zero attached hydrogens (tertiary/aromatic N) is 4. The molecule has 3 amide bonds. The number of anilines is 1. The van der Waals surface area contributed by atoms with Crippen molar-refractivity contribution >= 4 is 27.6 Å². The molecule has 1 aromatic heterocycles. The normalized spacial score (nSPS) is 15.8. The summed E-state index contributed by atoms with van der Waals surface area (Å²) in [5.41, 5.74) is 0.374. The van der Waals surface area contributed by atoms with E-state index in [2.05, 4.69) is 20.8 Å². The predicted molar refractivity (Wildman–Crippen MR) is 92.6 cm³/mol. The lowest BCUT2D eigenvalue weighted by atomic mass is 10.2. The van der Waals surface area contributed by atoms with Crippen molar-refractivity contribution in [3.63, 3.8) is 0 Å². The number of rotatable bonds is 4. The SMILES string of the molecule is C[C@@H](NC(=O)CN1C(=O)Nc2ccc(F)cc2S1(=O)=O)c1ccc(C#N)nn1. The summed E-state index contributed by atoms with van der Waals surface area (Å²) in [5, 5.41) is 20.9. The fourth-order valence-electron chi connectivity index (χ4n) is 2.50. The molecule has 1 aliphatic rings. The van der Waals surface area contributed by atoms with E-state index in [-0.39, 0.29) is 11.4 Å². The molecule has 28 heavy (non-hydrogen) atoms. The van der Waals surface area contributed by atoms with Crippen LogP contribution in [0.25, 0.3) is 0 Å². The topological polar surface area (TPSA) is 145 Å². The first kappa shape index (κ1) is 19.2. The van der Waals surface area contributed by atoms with E-state index in [9.17, 15) is 22.4 Å². The Morgan fingerprint density at radius 1 is 1.36 bits per heavy atom. The summed E-state index contributed by atoms with van der Waals surface area (Å²) in [6.07, 6.45) is 0. The number of amides is 3. The first-order chi connectivity index (χ1) is 13.2. The summed E-state index contributed by atoms with van der Waals surface area (Å²) < 4.78 is 38.9. The second kappa shape index (κ2) is 7.20. The average molecular weight is 404 g/mol. The molecule has 0 bridgehead atoms. The van der Waals surface area contributed by atoms with E-state index >= 15 is 0 Å². The Hall–Kier alpha value is -3.59. The highest BCUT2D eigenvalue weighted by Crippen LogP contribution is 2.30. The van der Waals surface area contributed by atoms with Gasteiger partial charge in [-0.1, -0.05) is 0 Å². The van der Waals surface area contributed by atoms with Crippen molar-refractivity contribution in [2.75, 3.05) is 11.9 Å². The number of carbonyl (C=O) groups is 2. The highest BCUT2D eigenvalue weighted by atomic mass is 32.2. The number of halogens is 1. The van der Waals surface area contributed by atoms with E-state index in [1.807, 2.05) is 6.07 Å². The van der Waals surface area contributed by atoms with Crippen LogP contribution in [0.4, 0.5) is 14.9 Å². The molecule has 0 spiro atoms. The van der Waals surface area contributed by atoms with Gasteiger partial charge in [-0.05, 0) is 37.3 Å². The molecule has 2 heterocycles. The lowest BCUT2D eigenvalue weighted by molar-refractivity contribution is -0.121. The zero-order chi connectivity index (χ0) is 20.5. The molecular formula is C16H13FN6O4S. The molecule has 2 N–H and O–H groups in total. The quantitative estimate of drug-likeness (QED) is 0.770. The van der Waals surface area contributed by atoms with E-state index in [1.165, 1.54) is 12.1 Å². The summed E-state index contributed by atoms with van der Waals surface area (Å²) >= 11 is 0. The third-order valence-electron chi connectivity index (χ3n) is 3.89.